The molecule has 2 aromatic heterocycles. The van der Waals surface area contributed by atoms with Gasteiger partial charge in [-0.2, -0.15) is 4.39 Å². The minimum atomic E-state index is -0.500. The lowest BCUT2D eigenvalue weighted by Crippen LogP contribution is -2.33. The number of unbranched alkanes of at least 4 members (excludes halogenated alkanes) is 1. The Hall–Kier alpha value is -2.93. The van der Waals surface area contributed by atoms with Gasteiger partial charge in [0.1, 0.15) is 5.60 Å². The summed E-state index contributed by atoms with van der Waals surface area (Å²) in [6.07, 6.45) is 4.86. The summed E-state index contributed by atoms with van der Waals surface area (Å²) >= 11 is 0. The summed E-state index contributed by atoms with van der Waals surface area (Å²) in [6, 6.07) is 11.5. The van der Waals surface area contributed by atoms with E-state index < -0.39 is 17.6 Å². The number of aromatic amines is 1. The number of rotatable bonds is 9. The van der Waals surface area contributed by atoms with Crippen LogP contribution < -0.4 is 5.32 Å². The van der Waals surface area contributed by atoms with Crippen molar-refractivity contribution in [2.45, 2.75) is 52.3 Å². The average Bonchev–Trinajstić information content (AvgIpc) is 3.09. The van der Waals surface area contributed by atoms with Crippen LogP contribution in [0, 0.1) is 5.95 Å². The number of carbonyl (C=O) groups excluding carboxylic acids is 1. The lowest BCUT2D eigenvalue weighted by molar-refractivity contribution is 0.0526. The van der Waals surface area contributed by atoms with Gasteiger partial charge >= 0.3 is 6.09 Å². The van der Waals surface area contributed by atoms with Crippen LogP contribution in [0.3, 0.4) is 0 Å². The fraction of sp³-hybridized carbons (Fsp3) is 0.417. The Labute approximate surface area is 182 Å². The van der Waals surface area contributed by atoms with Crippen molar-refractivity contribution in [2.24, 2.45) is 0 Å². The van der Waals surface area contributed by atoms with E-state index in [-0.39, 0.29) is 0 Å². The van der Waals surface area contributed by atoms with Crippen LogP contribution in [0.15, 0.2) is 48.8 Å². The monoisotopic (exact) mass is 426 g/mol. The number of nitrogens with one attached hydrogen (secondary N) is 2. The summed E-state index contributed by atoms with van der Waals surface area (Å²) in [5.74, 6) is -0.467. The summed E-state index contributed by atoms with van der Waals surface area (Å²) in [7, 11) is 0. The van der Waals surface area contributed by atoms with Crippen molar-refractivity contribution in [2.75, 3.05) is 13.1 Å². The highest BCUT2D eigenvalue weighted by Gasteiger charge is 2.16. The van der Waals surface area contributed by atoms with Gasteiger partial charge in [-0.1, -0.05) is 18.2 Å². The summed E-state index contributed by atoms with van der Waals surface area (Å²) in [5, 5.41) is 3.99. The molecular formula is C24H31FN4O2. The van der Waals surface area contributed by atoms with Gasteiger partial charge in [0.15, 0.2) is 0 Å². The van der Waals surface area contributed by atoms with E-state index in [4.69, 9.17) is 4.74 Å². The van der Waals surface area contributed by atoms with Crippen molar-refractivity contribution in [1.82, 2.24) is 20.2 Å². The molecule has 0 radical (unpaired) electrons. The van der Waals surface area contributed by atoms with Crippen LogP contribution in [0.1, 0.15) is 44.7 Å². The van der Waals surface area contributed by atoms with Gasteiger partial charge in [0.25, 0.3) is 0 Å². The van der Waals surface area contributed by atoms with Gasteiger partial charge in [-0.3, -0.25) is 4.90 Å². The molecule has 6 nitrogen and oxygen atoms in total. The van der Waals surface area contributed by atoms with Crippen LogP contribution in [0.2, 0.25) is 0 Å². The Morgan fingerprint density at radius 2 is 2.00 bits per heavy atom. The first-order valence-electron chi connectivity index (χ1n) is 10.6. The molecule has 0 unspecified atom stereocenters. The smallest absolute Gasteiger partial charge is 0.407 e. The Balaban J connectivity index is 1.57. The molecule has 0 aliphatic carbocycles. The fourth-order valence-electron chi connectivity index (χ4n) is 3.48. The van der Waals surface area contributed by atoms with Gasteiger partial charge < -0.3 is 15.0 Å². The van der Waals surface area contributed by atoms with E-state index in [2.05, 4.69) is 32.3 Å². The maximum Gasteiger partial charge on any atom is 0.407 e. The highest BCUT2D eigenvalue weighted by atomic mass is 19.1. The molecule has 0 spiro atoms. The second-order valence-corrected chi connectivity index (χ2v) is 8.69. The number of hydrogen-bond donors (Lipinski definition) is 2. The van der Waals surface area contributed by atoms with Crippen molar-refractivity contribution < 1.29 is 13.9 Å². The number of nitrogens with zero attached hydrogens (tertiary/aromatic N) is 2. The zero-order valence-electron chi connectivity index (χ0n) is 18.5. The lowest BCUT2D eigenvalue weighted by Gasteiger charge is -2.23. The Bertz CT molecular complexity index is 996. The van der Waals surface area contributed by atoms with Crippen molar-refractivity contribution in [1.29, 1.82) is 0 Å². The van der Waals surface area contributed by atoms with E-state index in [1.54, 1.807) is 0 Å². The van der Waals surface area contributed by atoms with Crippen LogP contribution in [-0.2, 0) is 17.8 Å². The molecule has 0 aliphatic rings. The third-order valence-electron chi connectivity index (χ3n) is 4.84. The van der Waals surface area contributed by atoms with Gasteiger partial charge in [-0.15, -0.1) is 0 Å². The topological polar surface area (TPSA) is 70.2 Å². The lowest BCUT2D eigenvalue weighted by atomic mass is 10.1. The van der Waals surface area contributed by atoms with Gasteiger partial charge in [0.2, 0.25) is 5.95 Å². The van der Waals surface area contributed by atoms with E-state index in [1.165, 1.54) is 23.2 Å². The Morgan fingerprint density at radius 3 is 2.77 bits per heavy atom. The zero-order chi connectivity index (χ0) is 22.3. The van der Waals surface area contributed by atoms with Gasteiger partial charge in [0.05, 0.1) is 0 Å². The third kappa shape index (κ3) is 7.36. The number of H-pyrrole nitrogens is 1. The molecule has 1 aromatic carbocycles. The first kappa shape index (κ1) is 22.7. The molecule has 2 N–H and O–H groups in total. The molecule has 0 saturated carbocycles. The fourth-order valence-corrected chi connectivity index (χ4v) is 3.48. The summed E-state index contributed by atoms with van der Waals surface area (Å²) in [6.45, 7) is 8.27. The summed E-state index contributed by atoms with van der Waals surface area (Å²) in [5.41, 5.74) is 2.70. The molecule has 0 saturated heterocycles. The molecule has 2 heterocycles. The Morgan fingerprint density at radius 1 is 1.19 bits per heavy atom. The number of amides is 1. The van der Waals surface area contributed by atoms with Crippen LogP contribution in [-0.4, -0.2) is 39.7 Å². The summed E-state index contributed by atoms with van der Waals surface area (Å²) < 4.78 is 18.8. The number of alkyl carbamates (subject to hydrolysis) is 1. The SMILES string of the molecule is CC(C)(C)OC(=O)NCCCCN(Cc1ccnc(F)c1)Cc1c[nH]c2ccccc12. The van der Waals surface area contributed by atoms with Gasteiger partial charge in [-0.05, 0) is 69.5 Å². The number of benzene rings is 1. The van der Waals surface area contributed by atoms with Crippen LogP contribution in [0.5, 0.6) is 0 Å². The van der Waals surface area contributed by atoms with Gasteiger partial charge in [-0.25, -0.2) is 9.78 Å². The van der Waals surface area contributed by atoms with Crippen LogP contribution in [0.25, 0.3) is 10.9 Å². The maximum atomic E-state index is 13.6. The van der Waals surface area contributed by atoms with E-state index in [0.717, 1.165) is 37.0 Å². The second kappa shape index (κ2) is 10.4. The molecule has 0 fully saturated rings. The molecule has 1 amide bonds. The third-order valence-corrected chi connectivity index (χ3v) is 4.84. The molecule has 7 heteroatoms. The molecule has 3 aromatic rings. The van der Waals surface area contributed by atoms with E-state index in [1.807, 2.05) is 45.2 Å². The largest absolute Gasteiger partial charge is 0.444 e. The molecule has 0 atom stereocenters. The first-order chi connectivity index (χ1) is 14.8. The number of aromatic nitrogens is 2. The number of hydrogen-bond acceptors (Lipinski definition) is 4. The molecular weight excluding hydrogens is 395 g/mol. The predicted octanol–water partition coefficient (Wildman–Crippen LogP) is 5.01. The normalized spacial score (nSPS) is 11.8. The average molecular weight is 427 g/mol. The van der Waals surface area contributed by atoms with Crippen LogP contribution in [0.4, 0.5) is 9.18 Å². The number of para-hydroxylation sites is 1. The van der Waals surface area contributed by atoms with Crippen molar-refractivity contribution in [3.05, 3.63) is 65.9 Å². The number of pyridine rings is 1. The van der Waals surface area contributed by atoms with Gasteiger partial charge in [0, 0.05) is 42.9 Å². The number of halogens is 1. The zero-order valence-corrected chi connectivity index (χ0v) is 18.5. The minimum absolute atomic E-state index is 0.393. The van der Waals surface area contributed by atoms with Crippen molar-refractivity contribution in [3.8, 4) is 0 Å². The minimum Gasteiger partial charge on any atom is -0.444 e. The maximum absolute atomic E-state index is 13.6. The molecule has 3 rings (SSSR count). The molecule has 0 bridgehead atoms. The Kier molecular flexibility index (Phi) is 7.63. The second-order valence-electron chi connectivity index (χ2n) is 8.69. The number of ether oxygens (including phenoxy) is 1. The number of fused-ring (bicyclic) bond motifs is 1. The summed E-state index contributed by atoms with van der Waals surface area (Å²) in [4.78, 5) is 21.0. The van der Waals surface area contributed by atoms with E-state index in [9.17, 15) is 9.18 Å². The van der Waals surface area contributed by atoms with Crippen molar-refractivity contribution in [3.63, 3.8) is 0 Å². The predicted molar refractivity (Wildman–Crippen MR) is 120 cm³/mol. The van der Waals surface area contributed by atoms with E-state index in [0.29, 0.717) is 13.1 Å². The van der Waals surface area contributed by atoms with Crippen molar-refractivity contribution >= 4 is 17.0 Å². The standard InChI is InChI=1S/C24H31FN4O2/c1-24(2,3)31-23(30)27-11-6-7-13-29(16-18-10-12-26-22(25)14-18)17-19-15-28-21-9-5-4-8-20(19)21/h4-5,8-10,12,14-15,28H,6-7,11,13,16-17H2,1-3H3,(H,27,30). The highest BCUT2D eigenvalue weighted by Crippen LogP contribution is 2.20. The molecule has 0 aliphatic heterocycles. The number of carbonyl (C=O) groups is 1. The molecule has 166 valence electrons. The first-order valence-corrected chi connectivity index (χ1v) is 10.6. The quantitative estimate of drug-likeness (QED) is 0.373. The molecule has 31 heavy (non-hydrogen) atoms. The highest BCUT2D eigenvalue weighted by molar-refractivity contribution is 5.82. The van der Waals surface area contributed by atoms with Crippen LogP contribution >= 0.6 is 0 Å². The van der Waals surface area contributed by atoms with E-state index >= 15 is 0 Å².